The number of nitrogens with zero attached hydrogens (tertiary/aromatic N) is 2. The van der Waals surface area contributed by atoms with Gasteiger partial charge in [0.15, 0.2) is 0 Å². The van der Waals surface area contributed by atoms with Crippen LogP contribution >= 0.6 is 0 Å². The molecule has 1 N–H and O–H groups in total. The Kier molecular flexibility index (Phi) is 7.43. The Labute approximate surface area is 182 Å². The van der Waals surface area contributed by atoms with E-state index in [1.165, 1.54) is 0 Å². The highest BCUT2D eigenvalue weighted by atomic mass is 16.5. The molecule has 1 fully saturated rings. The molecule has 1 aliphatic rings. The molecule has 0 aromatic heterocycles. The van der Waals surface area contributed by atoms with Gasteiger partial charge in [0.25, 0.3) is 5.91 Å². The van der Waals surface area contributed by atoms with Crippen LogP contribution in [0.25, 0.3) is 0 Å². The first-order valence-corrected chi connectivity index (χ1v) is 10.2. The first kappa shape index (κ1) is 22.1. The van der Waals surface area contributed by atoms with Crippen molar-refractivity contribution >= 4 is 23.4 Å². The third-order valence-electron chi connectivity index (χ3n) is 5.05. The van der Waals surface area contributed by atoms with Crippen molar-refractivity contribution in [3.05, 3.63) is 72.3 Å². The summed E-state index contributed by atoms with van der Waals surface area (Å²) in [6.07, 6.45) is 3.09. The van der Waals surface area contributed by atoms with Crippen molar-refractivity contribution in [1.29, 1.82) is 0 Å². The van der Waals surface area contributed by atoms with Gasteiger partial charge in [-0.2, -0.15) is 0 Å². The zero-order valence-corrected chi connectivity index (χ0v) is 17.7. The van der Waals surface area contributed by atoms with Crippen molar-refractivity contribution in [1.82, 2.24) is 10.2 Å². The predicted octanol–water partition coefficient (Wildman–Crippen LogP) is 2.77. The lowest BCUT2D eigenvalue weighted by molar-refractivity contribution is -0.129. The Morgan fingerprint density at radius 1 is 1.16 bits per heavy atom. The largest absolute Gasteiger partial charge is 0.490 e. The summed E-state index contributed by atoms with van der Waals surface area (Å²) in [6, 6.07) is 14.3. The van der Waals surface area contributed by atoms with Crippen LogP contribution in [0.4, 0.5) is 5.69 Å². The van der Waals surface area contributed by atoms with Gasteiger partial charge in [-0.1, -0.05) is 24.8 Å². The number of hydrogen-bond donors (Lipinski definition) is 1. The van der Waals surface area contributed by atoms with Crippen molar-refractivity contribution in [2.24, 2.45) is 0 Å². The zero-order chi connectivity index (χ0) is 22.2. The van der Waals surface area contributed by atoms with Crippen LogP contribution < -0.4 is 15.0 Å². The standard InChI is InChI=1S/C24H27N3O4/c1-3-15-31-21-12-6-18(7-13-21)17-26(2)23(29)16-25-24(30)19-8-10-20(11-9-19)27-14-4-5-22(27)28/h3,6-13H,1,4-5,14-17H2,2H3,(H,25,30). The van der Waals surface area contributed by atoms with E-state index >= 15 is 0 Å². The summed E-state index contributed by atoms with van der Waals surface area (Å²) in [4.78, 5) is 39.9. The minimum absolute atomic E-state index is 0.0950. The van der Waals surface area contributed by atoms with E-state index in [9.17, 15) is 14.4 Å². The molecule has 1 aliphatic heterocycles. The molecule has 2 aromatic carbocycles. The maximum Gasteiger partial charge on any atom is 0.251 e. The molecule has 0 saturated carbocycles. The number of carbonyl (C=O) groups is 3. The Morgan fingerprint density at radius 3 is 2.48 bits per heavy atom. The van der Waals surface area contributed by atoms with Crippen LogP contribution in [0, 0.1) is 0 Å². The van der Waals surface area contributed by atoms with E-state index in [0.717, 1.165) is 23.4 Å². The van der Waals surface area contributed by atoms with E-state index in [2.05, 4.69) is 11.9 Å². The molecule has 0 radical (unpaired) electrons. The monoisotopic (exact) mass is 421 g/mol. The predicted molar refractivity (Wildman–Crippen MR) is 119 cm³/mol. The van der Waals surface area contributed by atoms with E-state index in [-0.39, 0.29) is 24.3 Å². The zero-order valence-electron chi connectivity index (χ0n) is 17.7. The van der Waals surface area contributed by atoms with E-state index < -0.39 is 0 Å². The van der Waals surface area contributed by atoms with Gasteiger partial charge >= 0.3 is 0 Å². The lowest BCUT2D eigenvalue weighted by Crippen LogP contribution is -2.37. The van der Waals surface area contributed by atoms with Crippen LogP contribution in [0.1, 0.15) is 28.8 Å². The molecule has 3 rings (SSSR count). The normalized spacial score (nSPS) is 13.1. The van der Waals surface area contributed by atoms with Crippen LogP contribution in [-0.4, -0.2) is 49.4 Å². The van der Waals surface area contributed by atoms with Crippen LogP contribution in [0.2, 0.25) is 0 Å². The maximum atomic E-state index is 12.4. The molecule has 0 bridgehead atoms. The van der Waals surface area contributed by atoms with E-state index in [1.807, 2.05) is 24.3 Å². The lowest BCUT2D eigenvalue weighted by Gasteiger charge is -2.18. The van der Waals surface area contributed by atoms with Crippen molar-refractivity contribution in [3.8, 4) is 5.75 Å². The number of likely N-dealkylation sites (N-methyl/N-ethyl adjacent to an activating group) is 1. The third-order valence-corrected chi connectivity index (χ3v) is 5.05. The van der Waals surface area contributed by atoms with E-state index in [1.54, 1.807) is 47.2 Å². The average Bonchev–Trinajstić information content (AvgIpc) is 3.22. The van der Waals surface area contributed by atoms with Crippen molar-refractivity contribution < 1.29 is 19.1 Å². The number of benzene rings is 2. The number of amides is 3. The molecule has 3 amide bonds. The van der Waals surface area contributed by atoms with Gasteiger partial charge in [-0.15, -0.1) is 0 Å². The molecule has 0 atom stereocenters. The fourth-order valence-corrected chi connectivity index (χ4v) is 3.32. The summed E-state index contributed by atoms with van der Waals surface area (Å²) in [7, 11) is 1.69. The smallest absolute Gasteiger partial charge is 0.251 e. The van der Waals surface area contributed by atoms with Crippen LogP contribution in [0.15, 0.2) is 61.2 Å². The number of hydrogen-bond acceptors (Lipinski definition) is 4. The summed E-state index contributed by atoms with van der Waals surface area (Å²) < 4.78 is 5.45. The van der Waals surface area contributed by atoms with Gasteiger partial charge in [-0.25, -0.2) is 0 Å². The molecule has 7 nitrogen and oxygen atoms in total. The third kappa shape index (κ3) is 5.94. The molecular weight excluding hydrogens is 394 g/mol. The molecule has 162 valence electrons. The van der Waals surface area contributed by atoms with Gasteiger partial charge in [0.05, 0.1) is 6.54 Å². The van der Waals surface area contributed by atoms with Gasteiger partial charge in [0, 0.05) is 37.8 Å². The minimum atomic E-state index is -0.329. The second-order valence-corrected chi connectivity index (χ2v) is 7.37. The van der Waals surface area contributed by atoms with Crippen LogP contribution in [-0.2, 0) is 16.1 Å². The molecule has 31 heavy (non-hydrogen) atoms. The highest BCUT2D eigenvalue weighted by molar-refractivity contribution is 5.98. The highest BCUT2D eigenvalue weighted by Gasteiger charge is 2.21. The maximum absolute atomic E-state index is 12.4. The minimum Gasteiger partial charge on any atom is -0.490 e. The van der Waals surface area contributed by atoms with Crippen LogP contribution in [0.3, 0.4) is 0 Å². The van der Waals surface area contributed by atoms with Crippen LogP contribution in [0.5, 0.6) is 5.75 Å². The second kappa shape index (κ2) is 10.4. The number of rotatable bonds is 9. The molecule has 1 heterocycles. The van der Waals surface area contributed by atoms with Crippen molar-refractivity contribution in [2.75, 3.05) is 31.6 Å². The van der Waals surface area contributed by atoms with E-state index in [0.29, 0.717) is 31.7 Å². The quantitative estimate of drug-likeness (QED) is 0.632. The van der Waals surface area contributed by atoms with Crippen molar-refractivity contribution in [2.45, 2.75) is 19.4 Å². The summed E-state index contributed by atoms with van der Waals surface area (Å²) in [5.41, 5.74) is 2.19. The number of nitrogens with one attached hydrogen (secondary N) is 1. The molecular formula is C24H27N3O4. The van der Waals surface area contributed by atoms with Gasteiger partial charge in [0.2, 0.25) is 11.8 Å². The van der Waals surface area contributed by atoms with E-state index in [4.69, 9.17) is 4.74 Å². The first-order chi connectivity index (χ1) is 15.0. The topological polar surface area (TPSA) is 79.0 Å². The van der Waals surface area contributed by atoms with Gasteiger partial charge in [-0.05, 0) is 48.4 Å². The van der Waals surface area contributed by atoms with Gasteiger partial charge in [-0.3, -0.25) is 14.4 Å². The molecule has 7 heteroatoms. The summed E-state index contributed by atoms with van der Waals surface area (Å²) in [5.74, 6) is 0.319. The average molecular weight is 421 g/mol. The fraction of sp³-hybridized carbons (Fsp3) is 0.292. The Balaban J connectivity index is 1.47. The Hall–Kier alpha value is -3.61. The molecule has 0 unspecified atom stereocenters. The highest BCUT2D eigenvalue weighted by Crippen LogP contribution is 2.21. The number of ether oxygens (including phenoxy) is 1. The molecule has 0 aliphatic carbocycles. The SMILES string of the molecule is C=CCOc1ccc(CN(C)C(=O)CNC(=O)c2ccc(N3CCCC3=O)cc2)cc1. The number of anilines is 1. The van der Waals surface area contributed by atoms with Gasteiger partial charge < -0.3 is 19.9 Å². The Bertz CT molecular complexity index is 938. The summed E-state index contributed by atoms with van der Waals surface area (Å²) in [5, 5.41) is 2.66. The lowest BCUT2D eigenvalue weighted by atomic mass is 10.2. The van der Waals surface area contributed by atoms with Gasteiger partial charge in [0.1, 0.15) is 12.4 Å². The summed E-state index contributed by atoms with van der Waals surface area (Å²) in [6.45, 7) is 5.09. The molecule has 2 aromatic rings. The Morgan fingerprint density at radius 2 is 1.87 bits per heavy atom. The van der Waals surface area contributed by atoms with Crippen molar-refractivity contribution in [3.63, 3.8) is 0 Å². The first-order valence-electron chi connectivity index (χ1n) is 10.2. The second-order valence-electron chi connectivity index (χ2n) is 7.37. The molecule has 1 saturated heterocycles. The number of carbonyl (C=O) groups excluding carboxylic acids is 3. The fourth-order valence-electron chi connectivity index (χ4n) is 3.32. The molecule has 0 spiro atoms. The summed E-state index contributed by atoms with van der Waals surface area (Å²) >= 11 is 0.